The van der Waals surface area contributed by atoms with Crippen LogP contribution in [0.25, 0.3) is 0 Å². The first-order valence-corrected chi connectivity index (χ1v) is 7.79. The monoisotopic (exact) mass is 270 g/mol. The van der Waals surface area contributed by atoms with E-state index in [0.29, 0.717) is 5.69 Å². The van der Waals surface area contributed by atoms with Crippen LogP contribution in [0.1, 0.15) is 12.8 Å². The predicted octanol–water partition coefficient (Wildman–Crippen LogP) is 1.67. The van der Waals surface area contributed by atoms with E-state index in [1.807, 2.05) is 6.07 Å². The van der Waals surface area contributed by atoms with Crippen LogP contribution in [0.2, 0.25) is 0 Å². The van der Waals surface area contributed by atoms with E-state index in [1.165, 1.54) is 0 Å². The van der Waals surface area contributed by atoms with Gasteiger partial charge in [-0.05, 0) is 25.0 Å². The fraction of sp³-hybridized carbons (Fsp3) is 0.500. The van der Waals surface area contributed by atoms with E-state index in [1.54, 1.807) is 19.2 Å². The Bertz CT molecular complexity index is 522. The number of hydrogen-bond acceptors (Lipinski definition) is 4. The maximum Gasteiger partial charge on any atom is 0.229 e. The van der Waals surface area contributed by atoms with Crippen LogP contribution in [0.4, 0.5) is 11.4 Å². The molecule has 0 radical (unpaired) electrons. The highest BCUT2D eigenvalue weighted by Gasteiger charge is 2.18. The zero-order valence-electron chi connectivity index (χ0n) is 10.6. The Hall–Kier alpha value is -1.43. The zero-order valence-corrected chi connectivity index (χ0v) is 11.5. The molecule has 6 heteroatoms. The summed E-state index contributed by atoms with van der Waals surface area (Å²) in [6.45, 7) is 1.90. The quantitative estimate of drug-likeness (QED) is 0.904. The lowest BCUT2D eigenvalue weighted by atomic mass is 10.2. The Morgan fingerprint density at radius 3 is 2.50 bits per heavy atom. The van der Waals surface area contributed by atoms with E-state index in [4.69, 9.17) is 4.74 Å². The van der Waals surface area contributed by atoms with Gasteiger partial charge in [0.2, 0.25) is 10.0 Å². The van der Waals surface area contributed by atoms with Gasteiger partial charge in [-0.1, -0.05) is 0 Å². The molecule has 0 saturated carbocycles. The van der Waals surface area contributed by atoms with Crippen LogP contribution in [0.5, 0.6) is 5.75 Å². The number of rotatable bonds is 4. The van der Waals surface area contributed by atoms with Crippen LogP contribution in [-0.4, -0.2) is 34.9 Å². The number of nitrogens with zero attached hydrogens (tertiary/aromatic N) is 1. The van der Waals surface area contributed by atoms with Crippen molar-refractivity contribution in [2.75, 3.05) is 36.1 Å². The Morgan fingerprint density at radius 1 is 1.28 bits per heavy atom. The van der Waals surface area contributed by atoms with E-state index in [9.17, 15) is 8.42 Å². The predicted molar refractivity (Wildman–Crippen MR) is 72.9 cm³/mol. The van der Waals surface area contributed by atoms with E-state index >= 15 is 0 Å². The maximum atomic E-state index is 11.4. The summed E-state index contributed by atoms with van der Waals surface area (Å²) < 4.78 is 30.5. The first-order chi connectivity index (χ1) is 8.49. The van der Waals surface area contributed by atoms with Gasteiger partial charge < -0.3 is 9.64 Å². The van der Waals surface area contributed by atoms with Gasteiger partial charge in [0, 0.05) is 19.2 Å². The fourth-order valence-corrected chi connectivity index (χ4v) is 2.72. The average molecular weight is 270 g/mol. The van der Waals surface area contributed by atoms with E-state index in [0.717, 1.165) is 43.6 Å². The van der Waals surface area contributed by atoms with Crippen molar-refractivity contribution in [3.05, 3.63) is 18.2 Å². The second-order valence-electron chi connectivity index (χ2n) is 4.45. The second kappa shape index (κ2) is 5.06. The summed E-state index contributed by atoms with van der Waals surface area (Å²) in [5, 5.41) is 0. The summed E-state index contributed by atoms with van der Waals surface area (Å²) in [6, 6.07) is 5.37. The van der Waals surface area contributed by atoms with Crippen molar-refractivity contribution in [3.8, 4) is 5.75 Å². The Morgan fingerprint density at radius 2 is 1.94 bits per heavy atom. The molecule has 1 saturated heterocycles. The zero-order chi connectivity index (χ0) is 13.2. The molecule has 18 heavy (non-hydrogen) atoms. The first-order valence-electron chi connectivity index (χ1n) is 5.90. The highest BCUT2D eigenvalue weighted by atomic mass is 32.2. The number of benzene rings is 1. The smallest absolute Gasteiger partial charge is 0.229 e. The largest absolute Gasteiger partial charge is 0.497 e. The van der Waals surface area contributed by atoms with Gasteiger partial charge in [0.05, 0.1) is 24.7 Å². The van der Waals surface area contributed by atoms with Gasteiger partial charge in [-0.15, -0.1) is 0 Å². The molecule has 5 nitrogen and oxygen atoms in total. The van der Waals surface area contributed by atoms with Crippen molar-refractivity contribution in [2.45, 2.75) is 12.8 Å². The minimum absolute atomic E-state index is 0.611. The fourth-order valence-electron chi connectivity index (χ4n) is 2.14. The van der Waals surface area contributed by atoms with Crippen molar-refractivity contribution in [3.63, 3.8) is 0 Å². The molecule has 1 aliphatic heterocycles. The molecule has 1 N–H and O–H groups in total. The molecule has 100 valence electrons. The summed E-state index contributed by atoms with van der Waals surface area (Å²) in [4.78, 5) is 2.18. The van der Waals surface area contributed by atoms with Crippen LogP contribution in [0, 0.1) is 0 Å². The van der Waals surface area contributed by atoms with E-state index in [2.05, 4.69) is 9.62 Å². The number of hydrogen-bond donors (Lipinski definition) is 1. The maximum absolute atomic E-state index is 11.4. The molecule has 1 heterocycles. The molecule has 1 aromatic carbocycles. The van der Waals surface area contributed by atoms with Crippen molar-refractivity contribution >= 4 is 21.4 Å². The second-order valence-corrected chi connectivity index (χ2v) is 6.20. The Labute approximate surface area is 108 Å². The van der Waals surface area contributed by atoms with Crippen molar-refractivity contribution in [1.82, 2.24) is 0 Å². The topological polar surface area (TPSA) is 58.6 Å². The molecule has 2 rings (SSSR count). The molecule has 1 aromatic rings. The molecule has 1 fully saturated rings. The number of methoxy groups -OCH3 is 1. The molecule has 0 bridgehead atoms. The third-order valence-electron chi connectivity index (χ3n) is 2.95. The lowest BCUT2D eigenvalue weighted by Crippen LogP contribution is -2.20. The van der Waals surface area contributed by atoms with Crippen molar-refractivity contribution in [2.24, 2.45) is 0 Å². The highest BCUT2D eigenvalue weighted by molar-refractivity contribution is 7.92. The van der Waals surface area contributed by atoms with Gasteiger partial charge >= 0.3 is 0 Å². The normalized spacial score (nSPS) is 15.8. The SMILES string of the molecule is COc1ccc(NS(C)(=O)=O)c(N2CCCC2)c1. The molecule has 0 atom stereocenters. The minimum atomic E-state index is -3.27. The number of nitrogens with one attached hydrogen (secondary N) is 1. The van der Waals surface area contributed by atoms with Gasteiger partial charge in [0.1, 0.15) is 5.75 Å². The number of sulfonamides is 1. The van der Waals surface area contributed by atoms with Crippen LogP contribution < -0.4 is 14.4 Å². The van der Waals surface area contributed by atoms with Crippen LogP contribution in [0.3, 0.4) is 0 Å². The minimum Gasteiger partial charge on any atom is -0.497 e. The van der Waals surface area contributed by atoms with Gasteiger partial charge in [0.25, 0.3) is 0 Å². The van der Waals surface area contributed by atoms with Gasteiger partial charge in [-0.3, -0.25) is 4.72 Å². The van der Waals surface area contributed by atoms with Crippen LogP contribution in [-0.2, 0) is 10.0 Å². The summed E-state index contributed by atoms with van der Waals surface area (Å²) in [5.41, 5.74) is 1.50. The molecule has 0 aliphatic carbocycles. The molecular weight excluding hydrogens is 252 g/mol. The van der Waals surface area contributed by atoms with E-state index < -0.39 is 10.0 Å². The Kier molecular flexibility index (Phi) is 3.65. The van der Waals surface area contributed by atoms with Crippen molar-refractivity contribution in [1.29, 1.82) is 0 Å². The van der Waals surface area contributed by atoms with Crippen LogP contribution in [0.15, 0.2) is 18.2 Å². The lowest BCUT2D eigenvalue weighted by molar-refractivity contribution is 0.415. The van der Waals surface area contributed by atoms with E-state index in [-0.39, 0.29) is 0 Å². The summed E-state index contributed by atoms with van der Waals surface area (Å²) in [7, 11) is -1.66. The third-order valence-corrected chi connectivity index (χ3v) is 3.54. The average Bonchev–Trinajstić information content (AvgIpc) is 2.81. The van der Waals surface area contributed by atoms with Gasteiger partial charge in [-0.2, -0.15) is 0 Å². The highest BCUT2D eigenvalue weighted by Crippen LogP contribution is 2.33. The number of ether oxygens (including phenoxy) is 1. The van der Waals surface area contributed by atoms with Gasteiger partial charge in [0.15, 0.2) is 0 Å². The van der Waals surface area contributed by atoms with Crippen LogP contribution >= 0.6 is 0 Å². The summed E-state index contributed by atoms with van der Waals surface area (Å²) in [6.07, 6.45) is 3.43. The molecule has 0 aromatic heterocycles. The molecule has 0 spiro atoms. The van der Waals surface area contributed by atoms with Gasteiger partial charge in [-0.25, -0.2) is 8.42 Å². The molecule has 0 amide bonds. The molecule has 0 unspecified atom stereocenters. The Balaban J connectivity index is 2.37. The third kappa shape index (κ3) is 3.07. The summed E-state index contributed by atoms with van der Waals surface area (Å²) >= 11 is 0. The lowest BCUT2D eigenvalue weighted by Gasteiger charge is -2.22. The first kappa shape index (κ1) is 13.0. The van der Waals surface area contributed by atoms with Crippen molar-refractivity contribution < 1.29 is 13.2 Å². The molecular formula is C12H18N2O3S. The molecule has 1 aliphatic rings. The standard InChI is InChI=1S/C12H18N2O3S/c1-17-10-5-6-11(13-18(2,15)16)12(9-10)14-7-3-4-8-14/h5-6,9,13H,3-4,7-8H2,1-2H3. The number of anilines is 2. The summed E-state index contributed by atoms with van der Waals surface area (Å²) in [5.74, 6) is 0.732.